The Kier molecular flexibility index (Phi) is 13.1. The molecule has 184 valence electrons. The van der Waals surface area contributed by atoms with Gasteiger partial charge in [-0.3, -0.25) is 4.79 Å². The highest BCUT2D eigenvalue weighted by atomic mass is 16.1. The van der Waals surface area contributed by atoms with E-state index in [1.165, 1.54) is 135 Å². The fourth-order valence-corrected chi connectivity index (χ4v) is 6.70. The third-order valence-corrected chi connectivity index (χ3v) is 8.76. The van der Waals surface area contributed by atoms with E-state index >= 15 is 0 Å². The molecule has 0 unspecified atom stereocenters. The predicted octanol–water partition coefficient (Wildman–Crippen LogP) is 9.22. The van der Waals surface area contributed by atoms with Gasteiger partial charge in [0.1, 0.15) is 7.28 Å². The fourth-order valence-electron chi connectivity index (χ4n) is 6.70. The number of hydrogen-bond donors (Lipinski definition) is 1. The van der Waals surface area contributed by atoms with Gasteiger partial charge < -0.3 is 5.32 Å². The molecular weight excluding hydrogens is 400 g/mol. The van der Waals surface area contributed by atoms with Crippen molar-refractivity contribution in [3.63, 3.8) is 0 Å². The van der Waals surface area contributed by atoms with Crippen LogP contribution in [0.2, 0.25) is 17.5 Å². The largest absolute Gasteiger partial charge is 0.340 e. The molecular formula is C29H51B2NO. The van der Waals surface area contributed by atoms with Gasteiger partial charge in [-0.15, -0.1) is 0 Å². The van der Waals surface area contributed by atoms with E-state index in [-0.39, 0.29) is 5.81 Å². The van der Waals surface area contributed by atoms with Crippen molar-refractivity contribution in [2.45, 2.75) is 159 Å². The zero-order valence-electron chi connectivity index (χ0n) is 21.6. The molecule has 0 spiro atoms. The zero-order chi connectivity index (χ0) is 23.1. The second-order valence-corrected chi connectivity index (χ2v) is 11.7. The maximum Gasteiger partial charge on any atom is 0.236 e. The van der Waals surface area contributed by atoms with E-state index in [1.54, 1.807) is 0 Å². The van der Waals surface area contributed by atoms with Gasteiger partial charge in [0.2, 0.25) is 7.28 Å². The Balaban J connectivity index is 1.28. The number of hydrogen-bond acceptors (Lipinski definition) is 1. The van der Waals surface area contributed by atoms with Crippen molar-refractivity contribution in [2.75, 3.05) is 0 Å². The van der Waals surface area contributed by atoms with Crippen molar-refractivity contribution in [1.29, 1.82) is 0 Å². The summed E-state index contributed by atoms with van der Waals surface area (Å²) in [6.45, 7) is 4.18. The molecule has 0 heterocycles. The van der Waals surface area contributed by atoms with Crippen molar-refractivity contribution in [2.24, 2.45) is 5.92 Å². The molecule has 0 aliphatic heterocycles. The van der Waals surface area contributed by atoms with Gasteiger partial charge in [-0.1, -0.05) is 152 Å². The second-order valence-electron chi connectivity index (χ2n) is 11.7. The van der Waals surface area contributed by atoms with Crippen LogP contribution in [-0.2, 0) is 0 Å². The van der Waals surface area contributed by atoms with Crippen LogP contribution in [0.4, 0.5) is 4.79 Å². The maximum absolute atomic E-state index is 12.5. The Labute approximate surface area is 207 Å². The fraction of sp³-hybridized carbons (Fsp3) is 0.897. The van der Waals surface area contributed by atoms with E-state index in [0.717, 1.165) is 29.7 Å². The molecule has 33 heavy (non-hydrogen) atoms. The van der Waals surface area contributed by atoms with Crippen LogP contribution in [0.1, 0.15) is 141 Å². The molecule has 0 aromatic rings. The lowest BCUT2D eigenvalue weighted by atomic mass is 9.49. The summed E-state index contributed by atoms with van der Waals surface area (Å²) in [5.41, 5.74) is 0.930. The summed E-state index contributed by atoms with van der Waals surface area (Å²) in [4.78, 5) is 12.5. The van der Waals surface area contributed by atoms with Crippen LogP contribution >= 0.6 is 0 Å². The van der Waals surface area contributed by atoms with Crippen molar-refractivity contribution in [1.82, 2.24) is 5.32 Å². The standard InChI is InChI=1S/C29H51B2NO/c1-24(32-29(33)31-28-18-10-6-3-7-11-19-28)22-23-25-14-12-20-27(21-13-15-25)30-26-16-8-4-2-5-9-17-26/h25-28H,1-23H2,(H,32,33). The maximum atomic E-state index is 12.5. The third kappa shape index (κ3) is 11.5. The number of rotatable bonds is 8. The molecule has 3 aliphatic rings. The average Bonchev–Trinajstić information content (AvgIpc) is 2.72. The van der Waals surface area contributed by atoms with Gasteiger partial charge >= 0.3 is 0 Å². The van der Waals surface area contributed by atoms with E-state index in [1.807, 2.05) is 7.28 Å². The normalized spacial score (nSPS) is 27.0. The Morgan fingerprint density at radius 2 is 1.09 bits per heavy atom. The summed E-state index contributed by atoms with van der Waals surface area (Å²) in [6, 6.07) is 0. The van der Waals surface area contributed by atoms with Gasteiger partial charge in [0.25, 0.3) is 0 Å². The molecule has 3 rings (SSSR count). The van der Waals surface area contributed by atoms with Crippen LogP contribution in [0, 0.1) is 5.92 Å². The van der Waals surface area contributed by atoms with Crippen LogP contribution in [0.15, 0.2) is 12.3 Å². The Morgan fingerprint density at radius 1 is 0.636 bits per heavy atom. The highest BCUT2D eigenvalue weighted by molar-refractivity contribution is 6.74. The van der Waals surface area contributed by atoms with Crippen LogP contribution in [0.25, 0.3) is 0 Å². The Hall–Kier alpha value is -0.660. The molecule has 3 aliphatic carbocycles. The van der Waals surface area contributed by atoms with Gasteiger partial charge in [0.05, 0.1) is 0 Å². The predicted molar refractivity (Wildman–Crippen MR) is 145 cm³/mol. The lowest BCUT2D eigenvalue weighted by molar-refractivity contribution is 0.260. The summed E-state index contributed by atoms with van der Waals surface area (Å²) in [5, 5.41) is 3.10. The van der Waals surface area contributed by atoms with Crippen molar-refractivity contribution < 1.29 is 4.79 Å². The molecule has 0 atom stereocenters. The zero-order valence-corrected chi connectivity index (χ0v) is 21.6. The number of allylic oxidation sites excluding steroid dienone is 1. The molecule has 0 aromatic heterocycles. The van der Waals surface area contributed by atoms with Gasteiger partial charge in [0.15, 0.2) is 5.81 Å². The van der Waals surface area contributed by atoms with Crippen molar-refractivity contribution >= 4 is 20.4 Å². The van der Waals surface area contributed by atoms with Crippen LogP contribution in [-0.4, -0.2) is 20.4 Å². The highest BCUT2D eigenvalue weighted by Gasteiger charge is 2.22. The molecule has 0 bridgehead atoms. The minimum absolute atomic E-state index is 0.0934. The summed E-state index contributed by atoms with van der Waals surface area (Å²) >= 11 is 0. The van der Waals surface area contributed by atoms with E-state index < -0.39 is 0 Å². The summed E-state index contributed by atoms with van der Waals surface area (Å²) in [6.07, 6.45) is 29.6. The summed E-state index contributed by atoms with van der Waals surface area (Å²) in [5.74, 6) is 3.15. The van der Waals surface area contributed by atoms with Crippen molar-refractivity contribution in [3.8, 4) is 0 Å². The van der Waals surface area contributed by atoms with E-state index in [2.05, 4.69) is 19.2 Å². The second kappa shape index (κ2) is 16.1. The topological polar surface area (TPSA) is 29.1 Å². The molecule has 1 N–H and O–H groups in total. The number of amides is 1. The molecule has 0 aromatic carbocycles. The number of nitrogens with one attached hydrogen (secondary N) is 1. The van der Waals surface area contributed by atoms with E-state index in [4.69, 9.17) is 0 Å². The Morgan fingerprint density at radius 3 is 1.64 bits per heavy atom. The SMILES string of the molecule is C=C(CCC1CCCC([B]C2CCCCCCC2)CCC1)NC(=O)[B]C1CCCCCCC1. The molecule has 0 saturated heterocycles. The monoisotopic (exact) mass is 451 g/mol. The summed E-state index contributed by atoms with van der Waals surface area (Å²) < 4.78 is 0. The van der Waals surface area contributed by atoms with Gasteiger partial charge in [-0.05, 0) is 18.8 Å². The molecule has 3 saturated carbocycles. The molecule has 2 radical (unpaired) electrons. The minimum atomic E-state index is 0.0934. The van der Waals surface area contributed by atoms with Gasteiger partial charge in [0, 0.05) is 5.70 Å². The van der Waals surface area contributed by atoms with Gasteiger partial charge in [-0.2, -0.15) is 0 Å². The summed E-state index contributed by atoms with van der Waals surface area (Å²) in [7, 11) is 4.74. The van der Waals surface area contributed by atoms with E-state index in [9.17, 15) is 4.79 Å². The first-order valence-corrected chi connectivity index (χ1v) is 14.9. The van der Waals surface area contributed by atoms with Crippen LogP contribution in [0.5, 0.6) is 0 Å². The van der Waals surface area contributed by atoms with E-state index in [0.29, 0.717) is 5.82 Å². The smallest absolute Gasteiger partial charge is 0.236 e. The quantitative estimate of drug-likeness (QED) is 0.366. The number of carbonyl (C=O) groups is 1. The average molecular weight is 451 g/mol. The molecule has 4 heteroatoms. The van der Waals surface area contributed by atoms with Crippen LogP contribution in [0.3, 0.4) is 0 Å². The number of carbonyl (C=O) groups excluding carboxylic acids is 1. The lowest BCUT2D eigenvalue weighted by Crippen LogP contribution is -2.29. The first-order valence-electron chi connectivity index (χ1n) is 14.9. The van der Waals surface area contributed by atoms with Crippen LogP contribution < -0.4 is 5.32 Å². The molecule has 2 nitrogen and oxygen atoms in total. The van der Waals surface area contributed by atoms with Crippen molar-refractivity contribution in [3.05, 3.63) is 12.3 Å². The first kappa shape index (κ1) is 26.9. The highest BCUT2D eigenvalue weighted by Crippen LogP contribution is 2.36. The lowest BCUT2D eigenvalue weighted by Gasteiger charge is -2.28. The first-order chi connectivity index (χ1) is 16.2. The third-order valence-electron chi connectivity index (χ3n) is 8.76. The Bertz CT molecular complexity index is 540. The molecule has 3 fully saturated rings. The molecule has 1 amide bonds. The minimum Gasteiger partial charge on any atom is -0.340 e. The van der Waals surface area contributed by atoms with Gasteiger partial charge in [-0.25, -0.2) is 0 Å².